The number of rotatable bonds is 7. The first-order valence-electron chi connectivity index (χ1n) is 8.77. The molecule has 1 saturated heterocycles. The number of aliphatic imine (C=N–C) groups is 1. The molecular formula is C17H27F3N4OS. The highest BCUT2D eigenvalue weighted by atomic mass is 32.1. The summed E-state index contributed by atoms with van der Waals surface area (Å²) in [5, 5.41) is 18.8. The summed E-state index contributed by atoms with van der Waals surface area (Å²) in [5.41, 5.74) is -1.05. The van der Waals surface area contributed by atoms with Crippen LogP contribution in [-0.4, -0.2) is 61.4 Å². The molecule has 0 aromatic carbocycles. The van der Waals surface area contributed by atoms with E-state index < -0.39 is 18.3 Å². The van der Waals surface area contributed by atoms with E-state index >= 15 is 0 Å². The van der Waals surface area contributed by atoms with Crippen molar-refractivity contribution in [3.05, 3.63) is 22.4 Å². The number of hydrogen-bond acceptors (Lipinski definition) is 4. The minimum atomic E-state index is -4.15. The molecule has 1 aliphatic heterocycles. The summed E-state index contributed by atoms with van der Waals surface area (Å²) in [6.45, 7) is 5.13. The van der Waals surface area contributed by atoms with Crippen molar-refractivity contribution in [2.45, 2.75) is 32.0 Å². The fourth-order valence-electron chi connectivity index (χ4n) is 2.96. The summed E-state index contributed by atoms with van der Waals surface area (Å²) in [7, 11) is 0. The second-order valence-corrected chi connectivity index (χ2v) is 7.78. The zero-order chi connectivity index (χ0) is 19.2. The highest BCUT2D eigenvalue weighted by Gasteiger charge is 2.34. The van der Waals surface area contributed by atoms with Crippen molar-refractivity contribution in [3.8, 4) is 0 Å². The predicted octanol–water partition coefficient (Wildman–Crippen LogP) is 2.39. The Morgan fingerprint density at radius 3 is 2.81 bits per heavy atom. The quantitative estimate of drug-likeness (QED) is 0.493. The molecule has 5 nitrogen and oxygen atoms in total. The van der Waals surface area contributed by atoms with E-state index in [-0.39, 0.29) is 12.5 Å². The number of halogens is 3. The maximum Gasteiger partial charge on any atom is 0.401 e. The molecule has 0 amide bonds. The number of alkyl halides is 3. The minimum absolute atomic E-state index is 0.152. The molecule has 1 aromatic heterocycles. The van der Waals surface area contributed by atoms with Crippen molar-refractivity contribution in [2.24, 2.45) is 10.9 Å². The van der Waals surface area contributed by atoms with Gasteiger partial charge < -0.3 is 15.7 Å². The molecule has 0 aliphatic carbocycles. The van der Waals surface area contributed by atoms with Gasteiger partial charge in [0.2, 0.25) is 0 Å². The van der Waals surface area contributed by atoms with Crippen molar-refractivity contribution in [1.29, 1.82) is 0 Å². The molecule has 26 heavy (non-hydrogen) atoms. The van der Waals surface area contributed by atoms with Gasteiger partial charge in [0.1, 0.15) is 5.60 Å². The lowest BCUT2D eigenvalue weighted by Crippen LogP contribution is -2.41. The Kier molecular flexibility index (Phi) is 7.31. The zero-order valence-electron chi connectivity index (χ0n) is 15.1. The first-order chi connectivity index (χ1) is 12.2. The normalized spacial score (nSPS) is 21.6. The number of hydrogen-bond donors (Lipinski definition) is 3. The zero-order valence-corrected chi connectivity index (χ0v) is 16.0. The Hall–Kier alpha value is -1.32. The molecule has 2 unspecified atom stereocenters. The topological polar surface area (TPSA) is 59.9 Å². The molecule has 0 bridgehead atoms. The van der Waals surface area contributed by atoms with Crippen LogP contribution in [0.1, 0.15) is 25.1 Å². The maximum atomic E-state index is 12.5. The monoisotopic (exact) mass is 392 g/mol. The molecule has 9 heteroatoms. The maximum absolute atomic E-state index is 12.5. The summed E-state index contributed by atoms with van der Waals surface area (Å²) >= 11 is 1.48. The summed E-state index contributed by atoms with van der Waals surface area (Å²) in [4.78, 5) is 6.72. The Balaban J connectivity index is 1.84. The predicted molar refractivity (Wildman–Crippen MR) is 98.5 cm³/mol. The van der Waals surface area contributed by atoms with Crippen molar-refractivity contribution in [2.75, 3.05) is 39.3 Å². The molecule has 0 radical (unpaired) electrons. The molecule has 3 N–H and O–H groups in total. The highest BCUT2D eigenvalue weighted by molar-refractivity contribution is 7.10. The molecule has 2 rings (SSSR count). The third-order valence-corrected chi connectivity index (χ3v) is 5.40. The third kappa shape index (κ3) is 6.77. The van der Waals surface area contributed by atoms with Crippen LogP contribution in [0.25, 0.3) is 0 Å². The van der Waals surface area contributed by atoms with Crippen molar-refractivity contribution < 1.29 is 18.3 Å². The van der Waals surface area contributed by atoms with Crippen LogP contribution in [0.15, 0.2) is 22.5 Å². The number of nitrogens with zero attached hydrogens (tertiary/aromatic N) is 2. The second kappa shape index (κ2) is 9.05. The molecule has 1 aliphatic rings. The summed E-state index contributed by atoms with van der Waals surface area (Å²) in [6.07, 6.45) is -3.42. The third-order valence-electron chi connectivity index (χ3n) is 4.27. The molecule has 1 aromatic rings. The van der Waals surface area contributed by atoms with E-state index in [1.807, 2.05) is 24.4 Å². The molecule has 1 fully saturated rings. The summed E-state index contributed by atoms with van der Waals surface area (Å²) in [5.74, 6) is 0.720. The Morgan fingerprint density at radius 1 is 1.42 bits per heavy atom. The molecule has 0 spiro atoms. The van der Waals surface area contributed by atoms with E-state index in [1.54, 1.807) is 6.92 Å². The van der Waals surface area contributed by atoms with Gasteiger partial charge >= 0.3 is 6.18 Å². The first kappa shape index (κ1) is 21.0. The van der Waals surface area contributed by atoms with E-state index in [0.29, 0.717) is 32.1 Å². The number of thiophene rings is 1. The molecular weight excluding hydrogens is 365 g/mol. The molecule has 2 atom stereocenters. The van der Waals surface area contributed by atoms with Gasteiger partial charge in [-0.1, -0.05) is 6.07 Å². The van der Waals surface area contributed by atoms with Gasteiger partial charge in [-0.05, 0) is 44.2 Å². The van der Waals surface area contributed by atoms with Crippen LogP contribution in [0, 0.1) is 5.92 Å². The number of guanidine groups is 1. The van der Waals surface area contributed by atoms with Gasteiger partial charge in [0.05, 0.1) is 13.1 Å². The lowest BCUT2D eigenvalue weighted by molar-refractivity contribution is -0.143. The Bertz CT molecular complexity index is 575. The number of nitrogens with one attached hydrogen (secondary N) is 2. The van der Waals surface area contributed by atoms with Crippen LogP contribution < -0.4 is 10.6 Å². The van der Waals surface area contributed by atoms with Crippen molar-refractivity contribution >= 4 is 17.3 Å². The van der Waals surface area contributed by atoms with Crippen LogP contribution in [0.2, 0.25) is 0 Å². The van der Waals surface area contributed by atoms with E-state index in [0.717, 1.165) is 11.3 Å². The smallest absolute Gasteiger partial charge is 0.383 e. The van der Waals surface area contributed by atoms with Gasteiger partial charge in [-0.25, -0.2) is 4.99 Å². The molecule has 148 valence electrons. The average molecular weight is 392 g/mol. The number of likely N-dealkylation sites (tertiary alicyclic amines) is 1. The average Bonchev–Trinajstić information content (AvgIpc) is 3.20. The van der Waals surface area contributed by atoms with Crippen LogP contribution >= 0.6 is 11.3 Å². The van der Waals surface area contributed by atoms with Crippen LogP contribution in [0.5, 0.6) is 0 Å². The highest BCUT2D eigenvalue weighted by Crippen LogP contribution is 2.25. The second-order valence-electron chi connectivity index (χ2n) is 6.83. The molecule has 2 heterocycles. The fraction of sp³-hybridized carbons (Fsp3) is 0.706. The largest absolute Gasteiger partial charge is 0.401 e. The fourth-order valence-corrected chi connectivity index (χ4v) is 3.73. The Morgan fingerprint density at radius 2 is 2.19 bits per heavy atom. The summed E-state index contributed by atoms with van der Waals surface area (Å²) < 4.78 is 37.4. The SMILES string of the molecule is CCNC(=NCC(C)(O)c1cccs1)NCC1CCN(CC(F)(F)F)C1. The number of aliphatic hydroxyl groups is 1. The van der Waals surface area contributed by atoms with Gasteiger partial charge in [0.25, 0.3) is 0 Å². The van der Waals surface area contributed by atoms with Gasteiger partial charge in [-0.3, -0.25) is 4.90 Å². The van der Waals surface area contributed by atoms with Crippen LogP contribution in [-0.2, 0) is 5.60 Å². The van der Waals surface area contributed by atoms with Gasteiger partial charge in [-0.15, -0.1) is 11.3 Å². The van der Waals surface area contributed by atoms with Gasteiger partial charge in [0, 0.05) is 24.5 Å². The minimum Gasteiger partial charge on any atom is -0.383 e. The first-order valence-corrected chi connectivity index (χ1v) is 9.65. The lowest BCUT2D eigenvalue weighted by Gasteiger charge is -2.21. The van der Waals surface area contributed by atoms with Gasteiger partial charge in [0.15, 0.2) is 5.96 Å². The summed E-state index contributed by atoms with van der Waals surface area (Å²) in [6, 6.07) is 3.75. The lowest BCUT2D eigenvalue weighted by atomic mass is 10.1. The van der Waals surface area contributed by atoms with E-state index in [4.69, 9.17) is 0 Å². The van der Waals surface area contributed by atoms with E-state index in [1.165, 1.54) is 16.2 Å². The van der Waals surface area contributed by atoms with E-state index in [2.05, 4.69) is 15.6 Å². The van der Waals surface area contributed by atoms with Crippen LogP contribution in [0.4, 0.5) is 13.2 Å². The van der Waals surface area contributed by atoms with Crippen molar-refractivity contribution in [3.63, 3.8) is 0 Å². The standard InChI is InChI=1S/C17H27F3N4OS/c1-3-21-15(23-11-16(2,25)14-5-4-8-26-14)22-9-13-6-7-24(10-13)12-17(18,19)20/h4-5,8,13,25H,3,6-7,9-12H2,1-2H3,(H2,21,22,23). The Labute approximate surface area is 156 Å². The molecule has 0 saturated carbocycles. The van der Waals surface area contributed by atoms with Crippen LogP contribution in [0.3, 0.4) is 0 Å². The van der Waals surface area contributed by atoms with E-state index in [9.17, 15) is 18.3 Å². The van der Waals surface area contributed by atoms with Crippen molar-refractivity contribution in [1.82, 2.24) is 15.5 Å². The van der Waals surface area contributed by atoms with Gasteiger partial charge in [-0.2, -0.15) is 13.2 Å².